The minimum atomic E-state index is -0.823. The van der Waals surface area contributed by atoms with Gasteiger partial charge in [0.1, 0.15) is 19.0 Å². The zero-order valence-electron chi connectivity index (χ0n) is 18.7. The molecule has 0 fully saturated rings. The van der Waals surface area contributed by atoms with Crippen molar-refractivity contribution in [1.29, 1.82) is 0 Å². The van der Waals surface area contributed by atoms with Gasteiger partial charge in [0.05, 0.1) is 10.8 Å². The molecule has 0 aliphatic heterocycles. The number of hydrogen-bond donors (Lipinski definition) is 0. The van der Waals surface area contributed by atoms with Gasteiger partial charge in [-0.05, 0) is 52.7 Å². The Morgan fingerprint density at radius 2 is 1.40 bits per heavy atom. The summed E-state index contributed by atoms with van der Waals surface area (Å²) in [6.45, 7) is 14.3. The van der Waals surface area contributed by atoms with Crippen LogP contribution >= 0.6 is 23.0 Å². The lowest BCUT2D eigenvalue weighted by atomic mass is 9.90. The van der Waals surface area contributed by atoms with Crippen LogP contribution in [0.5, 0.6) is 0 Å². The van der Waals surface area contributed by atoms with Crippen molar-refractivity contribution in [2.24, 2.45) is 10.8 Å². The standard InChI is InChI=1S/C24H31IO5/c1-10-13-23(6,7)21(26)28-15-18(12-3)19(20(30-25)17(4)5)16-29-22(27)24(8,9)14-11-2/h1-2,12H,3,13-16H2,4-9H3/b19-18+. The van der Waals surface area contributed by atoms with E-state index in [2.05, 4.69) is 18.4 Å². The molecule has 5 nitrogen and oxygen atoms in total. The molecule has 0 aromatic heterocycles. The Morgan fingerprint density at radius 3 is 1.73 bits per heavy atom. The third-order valence-corrected chi connectivity index (χ3v) is 4.78. The Kier molecular flexibility index (Phi) is 11.6. The van der Waals surface area contributed by atoms with E-state index < -0.39 is 22.8 Å². The monoisotopic (exact) mass is 526 g/mol. The summed E-state index contributed by atoms with van der Waals surface area (Å²) < 4.78 is 16.5. The van der Waals surface area contributed by atoms with Gasteiger partial charge in [-0.15, -0.1) is 24.7 Å². The van der Waals surface area contributed by atoms with Gasteiger partial charge >= 0.3 is 11.9 Å². The highest BCUT2D eigenvalue weighted by Gasteiger charge is 2.30. The van der Waals surface area contributed by atoms with E-state index in [1.54, 1.807) is 56.8 Å². The lowest BCUT2D eigenvalue weighted by Gasteiger charge is -2.23. The van der Waals surface area contributed by atoms with Crippen LogP contribution in [0.4, 0.5) is 0 Å². The van der Waals surface area contributed by atoms with Crippen LogP contribution < -0.4 is 0 Å². The topological polar surface area (TPSA) is 61.8 Å². The van der Waals surface area contributed by atoms with Crippen molar-refractivity contribution in [3.8, 4) is 24.7 Å². The third kappa shape index (κ3) is 8.28. The zero-order chi connectivity index (χ0) is 23.5. The van der Waals surface area contributed by atoms with Gasteiger partial charge in [0.25, 0.3) is 0 Å². The molecule has 0 radical (unpaired) electrons. The molecule has 0 saturated carbocycles. The highest BCUT2D eigenvalue weighted by Crippen LogP contribution is 2.28. The fourth-order valence-corrected chi connectivity index (χ4v) is 3.03. The number of halogens is 1. The van der Waals surface area contributed by atoms with Crippen LogP contribution in [0.25, 0.3) is 0 Å². The van der Waals surface area contributed by atoms with E-state index in [4.69, 9.17) is 25.4 Å². The lowest BCUT2D eigenvalue weighted by Crippen LogP contribution is -2.28. The molecule has 0 aromatic rings. The molecule has 164 valence electrons. The summed E-state index contributed by atoms with van der Waals surface area (Å²) in [5.41, 5.74) is 0.348. The Balaban J connectivity index is 5.84. The number of carbonyl (C=O) groups is 2. The average molecular weight is 526 g/mol. The van der Waals surface area contributed by atoms with Gasteiger partial charge in [0.2, 0.25) is 0 Å². The minimum absolute atomic E-state index is 0.0618. The largest absolute Gasteiger partial charge is 0.460 e. The number of rotatable bonds is 11. The van der Waals surface area contributed by atoms with Gasteiger partial charge in [-0.1, -0.05) is 12.7 Å². The van der Waals surface area contributed by atoms with Crippen LogP contribution in [0.15, 0.2) is 35.1 Å². The van der Waals surface area contributed by atoms with Gasteiger partial charge < -0.3 is 12.5 Å². The Hall–Kier alpha value is -2.19. The van der Waals surface area contributed by atoms with Crippen molar-refractivity contribution in [1.82, 2.24) is 0 Å². The SMILES string of the molecule is C#CCC(C)(C)C(=O)OC/C(C=C)=C(\COC(=O)C(C)(C)CC#C)C(OI)=C(C)C. The van der Waals surface area contributed by atoms with Gasteiger partial charge in [0.15, 0.2) is 23.0 Å². The Labute approximate surface area is 195 Å². The molecule has 0 saturated heterocycles. The second kappa shape index (κ2) is 12.5. The molecule has 0 aliphatic rings. The molecule has 0 heterocycles. The number of esters is 2. The molecule has 0 N–H and O–H groups in total. The molecular formula is C24H31IO5. The molecular weight excluding hydrogens is 495 g/mol. The maximum atomic E-state index is 12.5. The van der Waals surface area contributed by atoms with Crippen molar-refractivity contribution in [3.63, 3.8) is 0 Å². The summed E-state index contributed by atoms with van der Waals surface area (Å²) in [7, 11) is 0. The predicted octanol–water partition coefficient (Wildman–Crippen LogP) is 5.31. The average Bonchev–Trinajstić information content (AvgIpc) is 2.65. The van der Waals surface area contributed by atoms with E-state index in [1.807, 2.05) is 13.8 Å². The lowest BCUT2D eigenvalue weighted by molar-refractivity contribution is -0.153. The normalized spacial score (nSPS) is 11.9. The van der Waals surface area contributed by atoms with E-state index in [1.165, 1.54) is 0 Å². The summed E-state index contributed by atoms with van der Waals surface area (Å²) in [6, 6.07) is 0. The van der Waals surface area contributed by atoms with Crippen molar-refractivity contribution < 1.29 is 22.1 Å². The van der Waals surface area contributed by atoms with Crippen molar-refractivity contribution in [2.75, 3.05) is 13.2 Å². The first-order chi connectivity index (χ1) is 13.9. The number of carbonyl (C=O) groups excluding carboxylic acids is 2. The van der Waals surface area contributed by atoms with Crippen molar-refractivity contribution >= 4 is 34.9 Å². The first-order valence-electron chi connectivity index (χ1n) is 9.40. The number of allylic oxidation sites excluding steroid dienone is 1. The number of hydrogen-bond acceptors (Lipinski definition) is 5. The van der Waals surface area contributed by atoms with Crippen LogP contribution in [-0.4, -0.2) is 25.2 Å². The van der Waals surface area contributed by atoms with Gasteiger partial charge in [-0.3, -0.25) is 9.59 Å². The third-order valence-electron chi connectivity index (χ3n) is 4.34. The molecule has 6 heteroatoms. The smallest absolute Gasteiger partial charge is 0.312 e. The minimum Gasteiger partial charge on any atom is -0.460 e. The highest BCUT2D eigenvalue weighted by atomic mass is 127. The van der Waals surface area contributed by atoms with E-state index >= 15 is 0 Å². The Morgan fingerprint density at radius 1 is 0.967 bits per heavy atom. The van der Waals surface area contributed by atoms with E-state index in [0.29, 0.717) is 16.9 Å². The predicted molar refractivity (Wildman–Crippen MR) is 127 cm³/mol. The molecule has 0 aliphatic carbocycles. The zero-order valence-corrected chi connectivity index (χ0v) is 20.8. The number of ether oxygens (including phenoxy) is 2. The summed E-state index contributed by atoms with van der Waals surface area (Å²) in [5, 5.41) is 0. The second-order valence-corrected chi connectivity index (χ2v) is 8.74. The first kappa shape index (κ1) is 27.8. The van der Waals surface area contributed by atoms with Crippen molar-refractivity contribution in [3.05, 3.63) is 35.1 Å². The van der Waals surface area contributed by atoms with Crippen LogP contribution in [-0.2, 0) is 22.1 Å². The van der Waals surface area contributed by atoms with Gasteiger partial charge in [-0.2, -0.15) is 0 Å². The quantitative estimate of drug-likeness (QED) is 0.120. The summed E-state index contributed by atoms with van der Waals surface area (Å²) in [4.78, 5) is 24.9. The first-order valence-corrected chi connectivity index (χ1v) is 10.3. The van der Waals surface area contributed by atoms with Crippen molar-refractivity contribution in [2.45, 2.75) is 54.4 Å². The van der Waals surface area contributed by atoms with Crippen LogP contribution in [0, 0.1) is 35.5 Å². The highest BCUT2D eigenvalue weighted by molar-refractivity contribution is 14.1. The molecule has 0 amide bonds. The molecule has 0 bridgehead atoms. The molecule has 0 spiro atoms. The van der Waals surface area contributed by atoms with Crippen LogP contribution in [0.3, 0.4) is 0 Å². The van der Waals surface area contributed by atoms with Crippen LogP contribution in [0.2, 0.25) is 0 Å². The molecule has 0 rings (SSSR count). The van der Waals surface area contributed by atoms with Gasteiger partial charge in [-0.25, -0.2) is 0 Å². The Bertz CT molecular complexity index is 796. The fraction of sp³-hybridized carbons (Fsp3) is 0.500. The van der Waals surface area contributed by atoms with Gasteiger partial charge in [0, 0.05) is 18.4 Å². The van der Waals surface area contributed by atoms with Crippen LogP contribution in [0.1, 0.15) is 54.4 Å². The maximum Gasteiger partial charge on any atom is 0.312 e. The maximum absolute atomic E-state index is 12.5. The molecule has 0 aromatic carbocycles. The summed E-state index contributed by atoms with van der Waals surface area (Å²) in [5.74, 6) is 4.62. The summed E-state index contributed by atoms with van der Waals surface area (Å²) >= 11 is 1.76. The van der Waals surface area contributed by atoms with E-state index in [-0.39, 0.29) is 26.1 Å². The molecule has 30 heavy (non-hydrogen) atoms. The van der Waals surface area contributed by atoms with E-state index in [9.17, 15) is 9.59 Å². The second-order valence-electron chi connectivity index (χ2n) is 8.30. The molecule has 0 atom stereocenters. The van der Waals surface area contributed by atoms with E-state index in [0.717, 1.165) is 5.57 Å². The summed E-state index contributed by atoms with van der Waals surface area (Å²) in [6.07, 6.45) is 12.7. The fourth-order valence-electron chi connectivity index (χ4n) is 2.33. The number of terminal acetylenes is 2. The molecule has 0 unspecified atom stereocenters.